The van der Waals surface area contributed by atoms with Crippen molar-refractivity contribution in [2.75, 3.05) is 0 Å². The second kappa shape index (κ2) is 1.93. The van der Waals surface area contributed by atoms with Gasteiger partial charge in [0.15, 0.2) is 0 Å². The SMILES string of the molecule is C=C1CC[C@@H](C)[C@H]1C. The van der Waals surface area contributed by atoms with Crippen molar-refractivity contribution < 1.29 is 0 Å². The lowest BCUT2D eigenvalue weighted by Gasteiger charge is -2.07. The van der Waals surface area contributed by atoms with Gasteiger partial charge in [0.05, 0.1) is 0 Å². The van der Waals surface area contributed by atoms with E-state index < -0.39 is 0 Å². The Balaban J connectivity index is 2.56. The molecule has 46 valence electrons. The summed E-state index contributed by atoms with van der Waals surface area (Å²) in [4.78, 5) is 0. The molecule has 1 saturated carbocycles. The molecule has 1 aliphatic rings. The second-order valence-electron chi connectivity index (χ2n) is 2.96. The minimum Gasteiger partial charge on any atom is -0.0996 e. The van der Waals surface area contributed by atoms with E-state index in [0.29, 0.717) is 0 Å². The summed E-state index contributed by atoms with van der Waals surface area (Å²) in [6.07, 6.45) is 2.63. The van der Waals surface area contributed by atoms with Gasteiger partial charge in [0.25, 0.3) is 0 Å². The van der Waals surface area contributed by atoms with Crippen molar-refractivity contribution >= 4 is 0 Å². The average Bonchev–Trinajstić information content (AvgIpc) is 1.98. The summed E-state index contributed by atoms with van der Waals surface area (Å²) >= 11 is 0. The molecule has 0 bridgehead atoms. The summed E-state index contributed by atoms with van der Waals surface area (Å²) < 4.78 is 0. The van der Waals surface area contributed by atoms with Gasteiger partial charge in [-0.2, -0.15) is 0 Å². The number of hydrogen-bond donors (Lipinski definition) is 0. The van der Waals surface area contributed by atoms with Crippen LogP contribution >= 0.6 is 0 Å². The first-order chi connectivity index (χ1) is 3.72. The van der Waals surface area contributed by atoms with Gasteiger partial charge in [-0.25, -0.2) is 0 Å². The van der Waals surface area contributed by atoms with Crippen LogP contribution in [0, 0.1) is 11.8 Å². The Morgan fingerprint density at radius 2 is 2.12 bits per heavy atom. The zero-order valence-corrected chi connectivity index (χ0v) is 5.78. The fourth-order valence-electron chi connectivity index (χ4n) is 1.29. The Morgan fingerprint density at radius 1 is 1.50 bits per heavy atom. The van der Waals surface area contributed by atoms with Crippen molar-refractivity contribution in [1.82, 2.24) is 0 Å². The Hall–Kier alpha value is -0.260. The van der Waals surface area contributed by atoms with Gasteiger partial charge in [-0.3, -0.25) is 0 Å². The first kappa shape index (κ1) is 5.87. The van der Waals surface area contributed by atoms with Gasteiger partial charge >= 0.3 is 0 Å². The standard InChI is InChI=1S/C8H14/c1-6-4-5-7(2)8(6)3/h7-8H,1,4-5H2,2-3H3/t7-,8+/m1/s1. The topological polar surface area (TPSA) is 0 Å². The van der Waals surface area contributed by atoms with E-state index in [2.05, 4.69) is 20.4 Å². The summed E-state index contributed by atoms with van der Waals surface area (Å²) in [6, 6.07) is 0. The first-order valence-electron chi connectivity index (χ1n) is 3.39. The van der Waals surface area contributed by atoms with Crippen molar-refractivity contribution in [2.45, 2.75) is 26.7 Å². The van der Waals surface area contributed by atoms with Gasteiger partial charge in [-0.15, -0.1) is 0 Å². The highest BCUT2D eigenvalue weighted by Gasteiger charge is 2.21. The number of allylic oxidation sites excluding steroid dienone is 1. The minimum atomic E-state index is 0.787. The lowest BCUT2D eigenvalue weighted by Crippen LogP contribution is -1.97. The van der Waals surface area contributed by atoms with Gasteiger partial charge < -0.3 is 0 Å². The maximum Gasteiger partial charge on any atom is -0.0209 e. The van der Waals surface area contributed by atoms with Gasteiger partial charge in [0.1, 0.15) is 0 Å². The molecule has 8 heavy (non-hydrogen) atoms. The van der Waals surface area contributed by atoms with E-state index in [9.17, 15) is 0 Å². The van der Waals surface area contributed by atoms with Gasteiger partial charge in [0, 0.05) is 0 Å². The van der Waals surface area contributed by atoms with E-state index in [1.165, 1.54) is 18.4 Å². The molecular formula is C8H14. The Bertz CT molecular complexity index is 103. The molecule has 0 aromatic heterocycles. The Kier molecular flexibility index (Phi) is 1.41. The lowest BCUT2D eigenvalue weighted by atomic mass is 9.99. The number of rotatable bonds is 0. The maximum absolute atomic E-state index is 3.99. The smallest absolute Gasteiger partial charge is 0.0209 e. The molecule has 0 unspecified atom stereocenters. The summed E-state index contributed by atoms with van der Waals surface area (Å²) in [5.41, 5.74) is 1.46. The number of hydrogen-bond acceptors (Lipinski definition) is 0. The highest BCUT2D eigenvalue weighted by atomic mass is 14.3. The molecule has 0 heteroatoms. The van der Waals surface area contributed by atoms with E-state index in [1.807, 2.05) is 0 Å². The fourth-order valence-corrected chi connectivity index (χ4v) is 1.29. The van der Waals surface area contributed by atoms with Gasteiger partial charge in [-0.1, -0.05) is 26.0 Å². The van der Waals surface area contributed by atoms with Crippen LogP contribution in [-0.2, 0) is 0 Å². The largest absolute Gasteiger partial charge is 0.0996 e. The van der Waals surface area contributed by atoms with Crippen LogP contribution in [0.15, 0.2) is 12.2 Å². The van der Waals surface area contributed by atoms with Gasteiger partial charge in [-0.05, 0) is 24.7 Å². The zero-order valence-electron chi connectivity index (χ0n) is 5.78. The molecule has 0 heterocycles. The molecule has 2 atom stereocenters. The van der Waals surface area contributed by atoms with Crippen LogP contribution in [0.25, 0.3) is 0 Å². The lowest BCUT2D eigenvalue weighted by molar-refractivity contribution is 0.494. The third-order valence-corrected chi connectivity index (χ3v) is 2.42. The van der Waals surface area contributed by atoms with Crippen molar-refractivity contribution in [1.29, 1.82) is 0 Å². The van der Waals surface area contributed by atoms with Crippen molar-refractivity contribution in [3.63, 3.8) is 0 Å². The molecule has 1 rings (SSSR count). The predicted octanol–water partition coefficient (Wildman–Crippen LogP) is 2.61. The maximum atomic E-state index is 3.99. The molecule has 0 spiro atoms. The zero-order chi connectivity index (χ0) is 6.15. The van der Waals surface area contributed by atoms with E-state index in [1.54, 1.807) is 0 Å². The van der Waals surface area contributed by atoms with Crippen LogP contribution in [0.5, 0.6) is 0 Å². The molecule has 0 aromatic carbocycles. The van der Waals surface area contributed by atoms with E-state index in [-0.39, 0.29) is 0 Å². The van der Waals surface area contributed by atoms with Gasteiger partial charge in [0.2, 0.25) is 0 Å². The summed E-state index contributed by atoms with van der Waals surface area (Å²) in [6.45, 7) is 8.57. The highest BCUT2D eigenvalue weighted by Crippen LogP contribution is 2.34. The van der Waals surface area contributed by atoms with Crippen molar-refractivity contribution in [3.05, 3.63) is 12.2 Å². The molecule has 1 fully saturated rings. The van der Waals surface area contributed by atoms with Crippen molar-refractivity contribution in [2.24, 2.45) is 11.8 Å². The van der Waals surface area contributed by atoms with Crippen LogP contribution < -0.4 is 0 Å². The monoisotopic (exact) mass is 110 g/mol. The van der Waals surface area contributed by atoms with Crippen LogP contribution in [0.4, 0.5) is 0 Å². The third kappa shape index (κ3) is 0.795. The predicted molar refractivity (Wildman–Crippen MR) is 36.7 cm³/mol. The molecule has 0 radical (unpaired) electrons. The molecule has 0 aromatic rings. The molecule has 1 aliphatic carbocycles. The normalized spacial score (nSPS) is 38.5. The highest BCUT2D eigenvalue weighted by molar-refractivity contribution is 5.06. The van der Waals surface area contributed by atoms with E-state index >= 15 is 0 Å². The Labute approximate surface area is 51.6 Å². The molecule has 0 saturated heterocycles. The van der Waals surface area contributed by atoms with Crippen LogP contribution in [0.2, 0.25) is 0 Å². The quantitative estimate of drug-likeness (QED) is 0.420. The Morgan fingerprint density at radius 3 is 2.25 bits per heavy atom. The fraction of sp³-hybridized carbons (Fsp3) is 0.750. The minimum absolute atomic E-state index is 0.787. The summed E-state index contributed by atoms with van der Waals surface area (Å²) in [7, 11) is 0. The third-order valence-electron chi connectivity index (χ3n) is 2.42. The summed E-state index contributed by atoms with van der Waals surface area (Å²) in [5.74, 6) is 1.68. The molecular weight excluding hydrogens is 96.1 g/mol. The van der Waals surface area contributed by atoms with E-state index in [4.69, 9.17) is 0 Å². The molecule has 0 nitrogen and oxygen atoms in total. The van der Waals surface area contributed by atoms with Crippen LogP contribution in [0.1, 0.15) is 26.7 Å². The van der Waals surface area contributed by atoms with Crippen molar-refractivity contribution in [3.8, 4) is 0 Å². The molecule has 0 amide bonds. The average molecular weight is 110 g/mol. The summed E-state index contributed by atoms with van der Waals surface area (Å²) in [5, 5.41) is 0. The molecule has 0 aliphatic heterocycles. The first-order valence-corrected chi connectivity index (χ1v) is 3.39. The second-order valence-corrected chi connectivity index (χ2v) is 2.96. The molecule has 0 N–H and O–H groups in total. The van der Waals surface area contributed by atoms with Crippen LogP contribution in [-0.4, -0.2) is 0 Å². The van der Waals surface area contributed by atoms with E-state index in [0.717, 1.165) is 11.8 Å². The van der Waals surface area contributed by atoms with Crippen LogP contribution in [0.3, 0.4) is 0 Å².